The lowest BCUT2D eigenvalue weighted by atomic mass is 10.1. The second-order valence-corrected chi connectivity index (χ2v) is 5.72. The molecule has 1 unspecified atom stereocenters. The fourth-order valence-electron chi connectivity index (χ4n) is 2.67. The highest BCUT2D eigenvalue weighted by atomic mass is 35.5. The lowest BCUT2D eigenvalue weighted by molar-refractivity contribution is -0.123. The Hall–Kier alpha value is -1.70. The Bertz CT molecular complexity index is 683. The third kappa shape index (κ3) is 5.66. The number of halogens is 4. The number of carbonyl (C=O) groups excluding carboxylic acids is 1. The summed E-state index contributed by atoms with van der Waals surface area (Å²) in [4.78, 5) is 16.0. The van der Waals surface area contributed by atoms with Gasteiger partial charge in [0.2, 0.25) is 5.91 Å². The van der Waals surface area contributed by atoms with Gasteiger partial charge in [-0.1, -0.05) is 24.3 Å². The molecule has 0 radical (unpaired) electrons. The highest BCUT2D eigenvalue weighted by molar-refractivity contribution is 5.85. The predicted molar refractivity (Wildman–Crippen MR) is 95.5 cm³/mol. The molecule has 138 valence electrons. The van der Waals surface area contributed by atoms with E-state index in [9.17, 15) is 13.6 Å². The Labute approximate surface area is 157 Å². The first-order chi connectivity index (χ1) is 11.0. The van der Waals surface area contributed by atoms with E-state index in [0.29, 0.717) is 13.1 Å². The van der Waals surface area contributed by atoms with Crippen molar-refractivity contribution < 1.29 is 13.6 Å². The minimum atomic E-state index is -2.80. The van der Waals surface area contributed by atoms with Gasteiger partial charge in [0.15, 0.2) is 0 Å². The number of benzene rings is 1. The number of nitrogens with zero attached hydrogens (tertiary/aromatic N) is 2. The van der Waals surface area contributed by atoms with E-state index in [1.165, 1.54) is 0 Å². The molecule has 2 heterocycles. The fraction of sp³-hybridized carbons (Fsp3) is 0.375. The zero-order valence-corrected chi connectivity index (χ0v) is 15.0. The summed E-state index contributed by atoms with van der Waals surface area (Å²) >= 11 is 0. The predicted octanol–water partition coefficient (Wildman–Crippen LogP) is 2.39. The van der Waals surface area contributed by atoms with E-state index in [1.807, 2.05) is 35.0 Å². The number of imidazole rings is 1. The summed E-state index contributed by atoms with van der Waals surface area (Å²) in [6.45, 7) is 0.515. The van der Waals surface area contributed by atoms with Crippen LogP contribution in [0.3, 0.4) is 0 Å². The maximum absolute atomic E-state index is 13.1. The summed E-state index contributed by atoms with van der Waals surface area (Å²) in [6.07, 6.45) is 4.84. The van der Waals surface area contributed by atoms with Crippen LogP contribution in [-0.2, 0) is 17.9 Å². The number of nitrogens with one attached hydrogen (secondary N) is 2. The molecule has 9 heteroatoms. The standard InChI is InChI=1S/C16H18F2N4O.2ClH/c17-16(18)7-14(21-10-16)15(23)20-8-12-3-1-2-4-13(12)9-22-6-5-19-11-22;;/h1-6,11,14,21H,7-10H2,(H,20,23);2*1H. The zero-order valence-electron chi connectivity index (χ0n) is 13.3. The van der Waals surface area contributed by atoms with Crippen LogP contribution in [0, 0.1) is 0 Å². The van der Waals surface area contributed by atoms with Crippen LogP contribution in [0.25, 0.3) is 0 Å². The molecule has 1 aromatic heterocycles. The molecule has 0 bridgehead atoms. The van der Waals surface area contributed by atoms with Gasteiger partial charge in [0.1, 0.15) is 0 Å². The molecule has 1 fully saturated rings. The van der Waals surface area contributed by atoms with Crippen molar-refractivity contribution in [1.29, 1.82) is 0 Å². The van der Waals surface area contributed by atoms with Crippen LogP contribution >= 0.6 is 24.8 Å². The maximum Gasteiger partial charge on any atom is 0.262 e. The van der Waals surface area contributed by atoms with Gasteiger partial charge in [-0.25, -0.2) is 13.8 Å². The summed E-state index contributed by atoms with van der Waals surface area (Å²) in [6, 6.07) is 6.88. The van der Waals surface area contributed by atoms with Crippen LogP contribution in [0.2, 0.25) is 0 Å². The molecule has 0 aliphatic carbocycles. The Morgan fingerprint density at radius 1 is 1.32 bits per heavy atom. The number of alkyl halides is 2. The van der Waals surface area contributed by atoms with Gasteiger partial charge in [-0.15, -0.1) is 24.8 Å². The second kappa shape index (κ2) is 9.12. The van der Waals surface area contributed by atoms with Crippen LogP contribution in [0.4, 0.5) is 8.78 Å². The Balaban J connectivity index is 0.00000156. The van der Waals surface area contributed by atoms with Gasteiger partial charge in [0.25, 0.3) is 5.92 Å². The molecule has 2 N–H and O–H groups in total. The summed E-state index contributed by atoms with van der Waals surface area (Å²) in [5.74, 6) is -3.19. The van der Waals surface area contributed by atoms with E-state index in [-0.39, 0.29) is 30.7 Å². The van der Waals surface area contributed by atoms with Crippen LogP contribution < -0.4 is 10.6 Å². The average Bonchev–Trinajstić information content (AvgIpc) is 3.15. The highest BCUT2D eigenvalue weighted by Crippen LogP contribution is 2.25. The largest absolute Gasteiger partial charge is 0.351 e. The quantitative estimate of drug-likeness (QED) is 0.820. The maximum atomic E-state index is 13.1. The first-order valence-electron chi connectivity index (χ1n) is 7.45. The van der Waals surface area contributed by atoms with Gasteiger partial charge < -0.3 is 9.88 Å². The molecule has 1 aliphatic heterocycles. The van der Waals surface area contributed by atoms with E-state index in [0.717, 1.165) is 11.1 Å². The first kappa shape index (κ1) is 21.3. The van der Waals surface area contributed by atoms with Crippen LogP contribution in [0.1, 0.15) is 17.5 Å². The number of hydrogen-bond donors (Lipinski definition) is 2. The summed E-state index contributed by atoms with van der Waals surface area (Å²) < 4.78 is 28.2. The molecular weight excluding hydrogens is 373 g/mol. The minimum Gasteiger partial charge on any atom is -0.351 e. The molecule has 1 aliphatic rings. The summed E-state index contributed by atoms with van der Waals surface area (Å²) in [5.41, 5.74) is 2.01. The third-order valence-electron chi connectivity index (χ3n) is 3.91. The lowest BCUT2D eigenvalue weighted by Crippen LogP contribution is -2.40. The molecule has 1 saturated heterocycles. The number of carbonyl (C=O) groups is 1. The molecule has 5 nitrogen and oxygen atoms in total. The van der Waals surface area contributed by atoms with Gasteiger partial charge in [-0.3, -0.25) is 10.1 Å². The third-order valence-corrected chi connectivity index (χ3v) is 3.91. The van der Waals surface area contributed by atoms with E-state index in [1.54, 1.807) is 12.5 Å². The van der Waals surface area contributed by atoms with Crippen molar-refractivity contribution >= 4 is 30.7 Å². The van der Waals surface area contributed by atoms with Crippen molar-refractivity contribution in [3.8, 4) is 0 Å². The molecule has 0 spiro atoms. The van der Waals surface area contributed by atoms with Gasteiger partial charge in [0, 0.05) is 31.9 Å². The number of hydrogen-bond acceptors (Lipinski definition) is 3. The summed E-state index contributed by atoms with van der Waals surface area (Å²) in [7, 11) is 0. The first-order valence-corrected chi connectivity index (χ1v) is 7.45. The average molecular weight is 393 g/mol. The van der Waals surface area contributed by atoms with Crippen molar-refractivity contribution in [2.45, 2.75) is 31.5 Å². The van der Waals surface area contributed by atoms with Gasteiger partial charge >= 0.3 is 0 Å². The van der Waals surface area contributed by atoms with Crippen LogP contribution in [-0.4, -0.2) is 34.0 Å². The second-order valence-electron chi connectivity index (χ2n) is 5.72. The number of rotatable bonds is 5. The molecule has 1 amide bonds. The minimum absolute atomic E-state index is 0. The van der Waals surface area contributed by atoms with Gasteiger partial charge in [-0.05, 0) is 11.1 Å². The molecule has 1 atom stereocenters. The fourth-order valence-corrected chi connectivity index (χ4v) is 2.67. The van der Waals surface area contributed by atoms with E-state index >= 15 is 0 Å². The van der Waals surface area contributed by atoms with Crippen molar-refractivity contribution in [3.63, 3.8) is 0 Å². The molecule has 25 heavy (non-hydrogen) atoms. The van der Waals surface area contributed by atoms with Gasteiger partial charge in [-0.2, -0.15) is 0 Å². The molecule has 2 aromatic rings. The van der Waals surface area contributed by atoms with E-state index < -0.39 is 24.9 Å². The number of amides is 1. The van der Waals surface area contributed by atoms with Crippen molar-refractivity contribution in [1.82, 2.24) is 20.2 Å². The highest BCUT2D eigenvalue weighted by Gasteiger charge is 2.42. The van der Waals surface area contributed by atoms with Crippen LogP contribution in [0.5, 0.6) is 0 Å². The van der Waals surface area contributed by atoms with E-state index in [2.05, 4.69) is 15.6 Å². The normalized spacial score (nSPS) is 18.1. The van der Waals surface area contributed by atoms with Crippen molar-refractivity contribution in [2.24, 2.45) is 0 Å². The van der Waals surface area contributed by atoms with E-state index in [4.69, 9.17) is 0 Å². The Kier molecular flexibility index (Phi) is 7.79. The molecule has 0 saturated carbocycles. The van der Waals surface area contributed by atoms with Gasteiger partial charge in [0.05, 0.1) is 18.9 Å². The van der Waals surface area contributed by atoms with Crippen LogP contribution in [0.15, 0.2) is 43.0 Å². The molecular formula is C16H20Cl2F2N4O. The topological polar surface area (TPSA) is 59.0 Å². The molecule has 3 rings (SSSR count). The Morgan fingerprint density at radius 3 is 2.64 bits per heavy atom. The zero-order chi connectivity index (χ0) is 16.3. The van der Waals surface area contributed by atoms with Crippen molar-refractivity contribution in [2.75, 3.05) is 6.54 Å². The number of aromatic nitrogens is 2. The SMILES string of the molecule is Cl.Cl.O=C(NCc1ccccc1Cn1ccnc1)C1CC(F)(F)CN1. The Morgan fingerprint density at radius 2 is 2.04 bits per heavy atom. The molecule has 1 aromatic carbocycles. The van der Waals surface area contributed by atoms with Crippen molar-refractivity contribution in [3.05, 3.63) is 54.1 Å². The smallest absolute Gasteiger partial charge is 0.262 e. The monoisotopic (exact) mass is 392 g/mol. The summed E-state index contributed by atoms with van der Waals surface area (Å²) in [5, 5.41) is 5.30. The lowest BCUT2D eigenvalue weighted by Gasteiger charge is -2.14.